The molecule has 8 heavy (non-hydrogen) atoms. The fourth-order valence-electron chi connectivity index (χ4n) is 0.738. The minimum absolute atomic E-state index is 0.624. The molecule has 0 saturated heterocycles. The average Bonchev–Trinajstić information content (AvgIpc) is 1.79. The van der Waals surface area contributed by atoms with Gasteiger partial charge in [-0.1, -0.05) is 0 Å². The lowest BCUT2D eigenvalue weighted by Crippen LogP contribution is -2.06. The zero-order valence-electron chi connectivity index (χ0n) is 5.32. The lowest BCUT2D eigenvalue weighted by Gasteiger charge is -2.20. The molecule has 2 heteroatoms. The van der Waals surface area contributed by atoms with Crippen molar-refractivity contribution in [2.24, 2.45) is 0 Å². The van der Waals surface area contributed by atoms with Crippen molar-refractivity contribution in [3.05, 3.63) is 11.3 Å². The second-order valence-corrected chi connectivity index (χ2v) is 2.62. The van der Waals surface area contributed by atoms with E-state index in [0.29, 0.717) is 9.76 Å². The minimum Gasteiger partial charge on any atom is -0.544 e. The first kappa shape index (κ1) is 5.89. The van der Waals surface area contributed by atoms with Crippen molar-refractivity contribution in [2.75, 3.05) is 0 Å². The van der Waals surface area contributed by atoms with Crippen LogP contribution in [-0.4, -0.2) is 9.76 Å². The van der Waals surface area contributed by atoms with Crippen molar-refractivity contribution in [1.29, 1.82) is 0 Å². The van der Waals surface area contributed by atoms with Gasteiger partial charge in [0.1, 0.15) is 0 Å². The van der Waals surface area contributed by atoms with Crippen LogP contribution in [0, 0.1) is 0 Å². The highest BCUT2D eigenvalue weighted by molar-refractivity contribution is 6.25. The van der Waals surface area contributed by atoms with E-state index in [2.05, 4.69) is 13.5 Å². The molecule has 0 fully saturated rings. The van der Waals surface area contributed by atoms with Crippen LogP contribution < -0.4 is 0 Å². The summed E-state index contributed by atoms with van der Waals surface area (Å²) in [6, 6.07) is 0. The first-order valence-corrected chi connectivity index (χ1v) is 4.27. The fraction of sp³-hybridized carbons (Fsp3) is 0.667. The molecular formula is C6H10OSi. The summed E-state index contributed by atoms with van der Waals surface area (Å²) >= 11 is 0. The normalized spacial score (nSPS) is 18.2. The Bertz CT molecular complexity index is 118. The van der Waals surface area contributed by atoms with E-state index < -0.39 is 0 Å². The van der Waals surface area contributed by atoms with E-state index in [0.717, 1.165) is 0 Å². The number of hydrogen-bond donors (Lipinski definition) is 0. The van der Waals surface area contributed by atoms with Gasteiger partial charge >= 0.3 is 9.76 Å². The maximum Gasteiger partial charge on any atom is 0.306 e. The SMILES string of the molecule is C[Si]OC1=C(C)CC1. The molecule has 1 nitrogen and oxygen atoms in total. The van der Waals surface area contributed by atoms with E-state index in [9.17, 15) is 0 Å². The van der Waals surface area contributed by atoms with Crippen LogP contribution in [0.5, 0.6) is 0 Å². The third-order valence-electron chi connectivity index (χ3n) is 1.43. The maximum atomic E-state index is 5.30. The van der Waals surface area contributed by atoms with Gasteiger partial charge in [-0.05, 0) is 25.5 Å². The molecule has 0 unspecified atom stereocenters. The van der Waals surface area contributed by atoms with Gasteiger partial charge < -0.3 is 4.43 Å². The molecule has 0 aromatic carbocycles. The van der Waals surface area contributed by atoms with Gasteiger partial charge in [-0.15, -0.1) is 0 Å². The predicted molar refractivity (Wildman–Crippen MR) is 34.6 cm³/mol. The van der Waals surface area contributed by atoms with Crippen molar-refractivity contribution in [2.45, 2.75) is 26.3 Å². The van der Waals surface area contributed by atoms with Crippen LogP contribution in [0.15, 0.2) is 11.3 Å². The molecule has 0 aromatic rings. The number of rotatable bonds is 2. The Morgan fingerprint density at radius 1 is 1.50 bits per heavy atom. The molecule has 1 aliphatic carbocycles. The van der Waals surface area contributed by atoms with Crippen molar-refractivity contribution < 1.29 is 4.43 Å². The summed E-state index contributed by atoms with van der Waals surface area (Å²) in [4.78, 5) is 0. The van der Waals surface area contributed by atoms with E-state index in [1.54, 1.807) is 0 Å². The molecule has 0 saturated carbocycles. The van der Waals surface area contributed by atoms with E-state index in [-0.39, 0.29) is 0 Å². The molecule has 0 heterocycles. The second kappa shape index (κ2) is 2.35. The Morgan fingerprint density at radius 3 is 2.38 bits per heavy atom. The molecule has 1 rings (SSSR count). The molecule has 2 radical (unpaired) electrons. The van der Waals surface area contributed by atoms with E-state index >= 15 is 0 Å². The molecule has 44 valence electrons. The molecule has 0 spiro atoms. The van der Waals surface area contributed by atoms with Crippen molar-refractivity contribution in [3.63, 3.8) is 0 Å². The second-order valence-electron chi connectivity index (χ2n) is 2.01. The first-order valence-electron chi connectivity index (χ1n) is 2.87. The van der Waals surface area contributed by atoms with Gasteiger partial charge in [-0.2, -0.15) is 0 Å². The largest absolute Gasteiger partial charge is 0.544 e. The van der Waals surface area contributed by atoms with Gasteiger partial charge in [0.25, 0.3) is 0 Å². The highest BCUT2D eigenvalue weighted by Gasteiger charge is 2.12. The fourth-order valence-corrected chi connectivity index (χ4v) is 1.26. The first-order chi connectivity index (χ1) is 3.84. The van der Waals surface area contributed by atoms with Crippen LogP contribution in [0.4, 0.5) is 0 Å². The Kier molecular flexibility index (Phi) is 1.73. The summed E-state index contributed by atoms with van der Waals surface area (Å²) in [5.41, 5.74) is 1.44. The van der Waals surface area contributed by atoms with Crippen molar-refractivity contribution in [1.82, 2.24) is 0 Å². The van der Waals surface area contributed by atoms with Gasteiger partial charge in [-0.3, -0.25) is 0 Å². The molecular weight excluding hydrogens is 116 g/mol. The summed E-state index contributed by atoms with van der Waals surface area (Å²) in [5, 5.41) is 0. The third-order valence-corrected chi connectivity index (χ3v) is 1.88. The Labute approximate surface area is 52.7 Å². The van der Waals surface area contributed by atoms with Crippen LogP contribution in [0.25, 0.3) is 0 Å². The standard InChI is InChI=1S/C6H10OSi/c1-5-3-4-6(5)7-8-2/h3-4H2,1-2H3. The Balaban J connectivity index is 2.35. The van der Waals surface area contributed by atoms with E-state index in [1.807, 2.05) is 0 Å². The zero-order valence-corrected chi connectivity index (χ0v) is 6.32. The number of hydrogen-bond acceptors (Lipinski definition) is 1. The van der Waals surface area contributed by atoms with Crippen molar-refractivity contribution >= 4 is 9.76 Å². The van der Waals surface area contributed by atoms with Gasteiger partial charge in [-0.25, -0.2) is 0 Å². The van der Waals surface area contributed by atoms with Crippen LogP contribution in [-0.2, 0) is 4.43 Å². The molecule has 1 aliphatic rings. The highest BCUT2D eigenvalue weighted by Crippen LogP contribution is 2.26. The maximum absolute atomic E-state index is 5.30. The van der Waals surface area contributed by atoms with Crippen LogP contribution in [0.1, 0.15) is 19.8 Å². The lowest BCUT2D eigenvalue weighted by molar-refractivity contribution is 0.390. The summed E-state index contributed by atoms with van der Waals surface area (Å²) in [6.07, 6.45) is 2.42. The molecule has 0 aromatic heterocycles. The molecule has 0 atom stereocenters. The van der Waals surface area contributed by atoms with Gasteiger partial charge in [0.15, 0.2) is 0 Å². The summed E-state index contributed by atoms with van der Waals surface area (Å²) in [6.45, 7) is 4.19. The molecule has 0 aliphatic heterocycles. The quantitative estimate of drug-likeness (QED) is 0.512. The topological polar surface area (TPSA) is 9.23 Å². The summed E-state index contributed by atoms with van der Waals surface area (Å²) < 4.78 is 5.30. The molecule has 0 N–H and O–H groups in total. The van der Waals surface area contributed by atoms with Crippen LogP contribution in [0.2, 0.25) is 6.55 Å². The number of allylic oxidation sites excluding steroid dienone is 2. The predicted octanol–water partition coefficient (Wildman–Crippen LogP) is 1.74. The molecule has 0 bridgehead atoms. The van der Waals surface area contributed by atoms with Crippen molar-refractivity contribution in [3.8, 4) is 0 Å². The summed E-state index contributed by atoms with van der Waals surface area (Å²) in [5.74, 6) is 1.24. The van der Waals surface area contributed by atoms with Crippen LogP contribution >= 0.6 is 0 Å². The third kappa shape index (κ3) is 0.942. The van der Waals surface area contributed by atoms with Crippen LogP contribution in [0.3, 0.4) is 0 Å². The summed E-state index contributed by atoms with van der Waals surface area (Å²) in [7, 11) is 0.624. The average molecular weight is 126 g/mol. The molecule has 0 amide bonds. The lowest BCUT2D eigenvalue weighted by atomic mass is 9.99. The van der Waals surface area contributed by atoms with E-state index in [4.69, 9.17) is 4.43 Å². The van der Waals surface area contributed by atoms with Gasteiger partial charge in [0, 0.05) is 6.42 Å². The Morgan fingerprint density at radius 2 is 2.25 bits per heavy atom. The van der Waals surface area contributed by atoms with Gasteiger partial charge in [0.2, 0.25) is 0 Å². The van der Waals surface area contributed by atoms with E-state index in [1.165, 1.54) is 24.2 Å². The minimum atomic E-state index is 0.624. The van der Waals surface area contributed by atoms with Gasteiger partial charge in [0.05, 0.1) is 5.76 Å². The monoisotopic (exact) mass is 126 g/mol. The zero-order chi connectivity index (χ0) is 5.98. The Hall–Kier alpha value is -0.243. The smallest absolute Gasteiger partial charge is 0.306 e. The highest BCUT2D eigenvalue weighted by atomic mass is 28.2.